The molecule has 0 bridgehead atoms. The molecule has 1 aliphatic rings. The van der Waals surface area contributed by atoms with Gasteiger partial charge in [-0.3, -0.25) is 15.1 Å². The van der Waals surface area contributed by atoms with E-state index in [1.54, 1.807) is 18.5 Å². The molecular weight excluding hydrogens is 378 g/mol. The highest BCUT2D eigenvalue weighted by Crippen LogP contribution is 2.38. The number of fused-ring (bicyclic) bond motifs is 1. The lowest BCUT2D eigenvalue weighted by Gasteiger charge is -2.30. The van der Waals surface area contributed by atoms with Crippen LogP contribution in [-0.4, -0.2) is 27.0 Å². The van der Waals surface area contributed by atoms with Crippen LogP contribution in [0.2, 0.25) is 0 Å². The Morgan fingerprint density at radius 3 is 2.87 bits per heavy atom. The molecule has 2 aromatic heterocycles. The zero-order valence-corrected chi connectivity index (χ0v) is 17.3. The number of anilines is 1. The first kappa shape index (κ1) is 20.0. The number of pyridine rings is 1. The van der Waals surface area contributed by atoms with Crippen LogP contribution in [0, 0.1) is 11.3 Å². The van der Waals surface area contributed by atoms with Gasteiger partial charge in [-0.25, -0.2) is 4.98 Å². The lowest BCUT2D eigenvalue weighted by molar-refractivity contribution is -0.124. The molecule has 7 nitrogen and oxygen atoms in total. The molecule has 4 rings (SSSR count). The summed E-state index contributed by atoms with van der Waals surface area (Å²) in [6, 6.07) is 11.7. The number of nitrogens with one attached hydrogen (secondary N) is 1. The molecule has 0 spiro atoms. The summed E-state index contributed by atoms with van der Waals surface area (Å²) in [6.07, 6.45) is 6.81. The fourth-order valence-electron chi connectivity index (χ4n) is 3.97. The molecule has 30 heavy (non-hydrogen) atoms. The molecule has 1 unspecified atom stereocenters. The first-order valence-corrected chi connectivity index (χ1v) is 10.3. The van der Waals surface area contributed by atoms with Crippen molar-refractivity contribution < 1.29 is 9.53 Å². The molecule has 1 amide bonds. The van der Waals surface area contributed by atoms with E-state index < -0.39 is 5.60 Å². The summed E-state index contributed by atoms with van der Waals surface area (Å²) in [4.78, 5) is 21.9. The van der Waals surface area contributed by atoms with Gasteiger partial charge in [0, 0.05) is 30.6 Å². The molecule has 0 saturated heterocycles. The number of aromatic nitrogens is 3. The zero-order chi connectivity index (χ0) is 21.1. The topological polar surface area (TPSA) is 92.8 Å². The zero-order valence-electron chi connectivity index (χ0n) is 17.3. The van der Waals surface area contributed by atoms with E-state index in [-0.39, 0.29) is 18.4 Å². The average molecular weight is 403 g/mol. The van der Waals surface area contributed by atoms with Crippen molar-refractivity contribution in [3.8, 4) is 6.07 Å². The van der Waals surface area contributed by atoms with Crippen molar-refractivity contribution in [1.29, 1.82) is 5.26 Å². The first-order valence-electron chi connectivity index (χ1n) is 10.3. The van der Waals surface area contributed by atoms with Crippen LogP contribution >= 0.6 is 0 Å². The summed E-state index contributed by atoms with van der Waals surface area (Å²) < 4.78 is 8.03. The summed E-state index contributed by atoms with van der Waals surface area (Å²) in [6.45, 7) is 4.30. The summed E-state index contributed by atoms with van der Waals surface area (Å²) in [5.41, 5.74) is 2.31. The Hall–Kier alpha value is -3.24. The van der Waals surface area contributed by atoms with Crippen molar-refractivity contribution in [1.82, 2.24) is 14.5 Å². The summed E-state index contributed by atoms with van der Waals surface area (Å²) in [5.74, 6) is 0.353. The van der Waals surface area contributed by atoms with Crippen LogP contribution in [0.15, 0.2) is 42.7 Å². The second kappa shape index (κ2) is 8.25. The number of imidazole rings is 1. The van der Waals surface area contributed by atoms with Gasteiger partial charge in [-0.1, -0.05) is 6.07 Å². The SMILES string of the molecule is CCOC(C)(CC(=O)Nc1nc2ccc(C#N)cc2n1C1CCC1)c1cccnc1. The van der Waals surface area contributed by atoms with E-state index in [9.17, 15) is 10.1 Å². The van der Waals surface area contributed by atoms with E-state index in [0.29, 0.717) is 18.1 Å². The maximum Gasteiger partial charge on any atom is 0.229 e. The molecule has 1 aromatic carbocycles. The fourth-order valence-corrected chi connectivity index (χ4v) is 3.97. The van der Waals surface area contributed by atoms with Gasteiger partial charge in [0.05, 0.1) is 29.1 Å². The molecule has 2 heterocycles. The molecule has 0 radical (unpaired) electrons. The standard InChI is InChI=1S/C23H25N5O2/c1-3-30-23(2,17-6-5-11-25-15-17)13-21(29)27-22-26-19-10-9-16(14-24)12-20(19)28(22)18-7-4-8-18/h5-6,9-12,15,18H,3-4,7-8,13H2,1-2H3,(H,26,27,29). The number of carbonyl (C=O) groups excluding carboxylic acids is 1. The second-order valence-electron chi connectivity index (χ2n) is 7.84. The maximum atomic E-state index is 13.0. The largest absolute Gasteiger partial charge is 0.370 e. The predicted molar refractivity (Wildman–Crippen MR) is 114 cm³/mol. The second-order valence-corrected chi connectivity index (χ2v) is 7.84. The molecule has 154 valence electrons. The molecule has 0 aliphatic heterocycles. The van der Waals surface area contributed by atoms with Gasteiger partial charge in [0.25, 0.3) is 0 Å². The number of amides is 1. The highest BCUT2D eigenvalue weighted by Gasteiger charge is 2.32. The number of benzene rings is 1. The van der Waals surface area contributed by atoms with Gasteiger partial charge in [-0.05, 0) is 57.4 Å². The van der Waals surface area contributed by atoms with Crippen LogP contribution in [0.3, 0.4) is 0 Å². The maximum absolute atomic E-state index is 13.0. The predicted octanol–water partition coefficient (Wildman–Crippen LogP) is 4.31. The van der Waals surface area contributed by atoms with Crippen molar-refractivity contribution >= 4 is 22.9 Å². The smallest absolute Gasteiger partial charge is 0.229 e. The minimum Gasteiger partial charge on any atom is -0.370 e. The lowest BCUT2D eigenvalue weighted by atomic mass is 9.92. The van der Waals surface area contributed by atoms with Gasteiger partial charge >= 0.3 is 0 Å². The Morgan fingerprint density at radius 1 is 1.40 bits per heavy atom. The minimum absolute atomic E-state index is 0.143. The third-order valence-corrected chi connectivity index (χ3v) is 5.74. The summed E-state index contributed by atoms with van der Waals surface area (Å²) >= 11 is 0. The van der Waals surface area contributed by atoms with E-state index in [0.717, 1.165) is 35.9 Å². The quantitative estimate of drug-likeness (QED) is 0.634. The molecule has 1 saturated carbocycles. The lowest BCUT2D eigenvalue weighted by Crippen LogP contribution is -2.32. The number of hydrogen-bond donors (Lipinski definition) is 1. The van der Waals surface area contributed by atoms with Crippen molar-refractivity contribution in [3.63, 3.8) is 0 Å². The van der Waals surface area contributed by atoms with E-state index >= 15 is 0 Å². The minimum atomic E-state index is -0.783. The van der Waals surface area contributed by atoms with Crippen LogP contribution in [0.4, 0.5) is 5.95 Å². The number of nitrogens with zero attached hydrogens (tertiary/aromatic N) is 4. The molecular formula is C23H25N5O2. The van der Waals surface area contributed by atoms with E-state index in [1.807, 2.05) is 38.1 Å². The van der Waals surface area contributed by atoms with Gasteiger partial charge < -0.3 is 9.30 Å². The first-order chi connectivity index (χ1) is 14.5. The Balaban J connectivity index is 1.63. The van der Waals surface area contributed by atoms with Gasteiger partial charge in [-0.15, -0.1) is 0 Å². The van der Waals surface area contributed by atoms with Gasteiger partial charge in [0.15, 0.2) is 0 Å². The highest BCUT2D eigenvalue weighted by atomic mass is 16.5. The molecule has 1 atom stereocenters. The van der Waals surface area contributed by atoms with Crippen LogP contribution in [0.5, 0.6) is 0 Å². The Labute approximate surface area is 175 Å². The Bertz CT molecular complexity index is 1100. The Morgan fingerprint density at radius 2 is 2.23 bits per heavy atom. The third kappa shape index (κ3) is 3.79. The fraction of sp³-hybridized carbons (Fsp3) is 0.391. The highest BCUT2D eigenvalue weighted by molar-refractivity contribution is 5.92. The number of carbonyl (C=O) groups is 1. The van der Waals surface area contributed by atoms with Crippen LogP contribution in [0.1, 0.15) is 56.7 Å². The molecule has 1 N–H and O–H groups in total. The normalized spacial score (nSPS) is 15.9. The summed E-state index contributed by atoms with van der Waals surface area (Å²) in [5, 5.41) is 12.3. The van der Waals surface area contributed by atoms with E-state index in [2.05, 4.69) is 25.9 Å². The van der Waals surface area contributed by atoms with Crippen molar-refractivity contribution in [2.24, 2.45) is 0 Å². The summed E-state index contributed by atoms with van der Waals surface area (Å²) in [7, 11) is 0. The molecule has 1 aliphatic carbocycles. The van der Waals surface area contributed by atoms with Crippen LogP contribution in [-0.2, 0) is 15.1 Å². The molecule has 3 aromatic rings. The molecule has 1 fully saturated rings. The van der Waals surface area contributed by atoms with Crippen molar-refractivity contribution in [3.05, 3.63) is 53.9 Å². The van der Waals surface area contributed by atoms with E-state index in [1.165, 1.54) is 0 Å². The van der Waals surface area contributed by atoms with Crippen LogP contribution < -0.4 is 5.32 Å². The number of rotatable bonds is 7. The molecule has 7 heteroatoms. The Kier molecular flexibility index (Phi) is 5.51. The van der Waals surface area contributed by atoms with Crippen molar-refractivity contribution in [2.75, 3.05) is 11.9 Å². The van der Waals surface area contributed by atoms with Crippen LogP contribution in [0.25, 0.3) is 11.0 Å². The van der Waals surface area contributed by atoms with E-state index in [4.69, 9.17) is 4.74 Å². The average Bonchev–Trinajstić information content (AvgIpc) is 3.04. The monoisotopic (exact) mass is 403 g/mol. The van der Waals surface area contributed by atoms with Gasteiger partial charge in [0.2, 0.25) is 11.9 Å². The van der Waals surface area contributed by atoms with Gasteiger partial charge in [-0.2, -0.15) is 5.26 Å². The van der Waals surface area contributed by atoms with Crippen molar-refractivity contribution in [2.45, 2.75) is 51.2 Å². The number of hydrogen-bond acceptors (Lipinski definition) is 5. The number of nitriles is 1. The van der Waals surface area contributed by atoms with Gasteiger partial charge in [0.1, 0.15) is 5.60 Å². The third-order valence-electron chi connectivity index (χ3n) is 5.74. The number of ether oxygens (including phenoxy) is 1.